The van der Waals surface area contributed by atoms with Crippen LogP contribution >= 0.6 is 11.8 Å². The van der Waals surface area contributed by atoms with Crippen LogP contribution in [0.5, 0.6) is 0 Å². The maximum Gasteiger partial charge on any atom is 0.226 e. The second kappa shape index (κ2) is 5.65. The Morgan fingerprint density at radius 1 is 1.14 bits per heavy atom. The second-order valence-corrected chi connectivity index (χ2v) is 5.54. The fraction of sp³-hybridized carbons (Fsp3) is 0.308. The monoisotopic (exact) mass is 302 g/mol. The van der Waals surface area contributed by atoms with Crippen molar-refractivity contribution in [2.75, 3.05) is 0 Å². The van der Waals surface area contributed by atoms with Crippen molar-refractivity contribution in [2.24, 2.45) is 0 Å². The molecule has 0 radical (unpaired) electrons. The molecule has 0 aliphatic carbocycles. The van der Waals surface area contributed by atoms with Crippen LogP contribution in [-0.4, -0.2) is 30.4 Å². The van der Waals surface area contributed by atoms with Crippen LogP contribution < -0.4 is 0 Å². The lowest BCUT2D eigenvalue weighted by Crippen LogP contribution is -2.02. The van der Waals surface area contributed by atoms with Crippen LogP contribution in [0, 0.1) is 20.8 Å². The van der Waals surface area contributed by atoms with Gasteiger partial charge in [-0.25, -0.2) is 0 Å². The summed E-state index contributed by atoms with van der Waals surface area (Å²) in [7, 11) is 0. The van der Waals surface area contributed by atoms with E-state index >= 15 is 0 Å². The van der Waals surface area contributed by atoms with Gasteiger partial charge in [0.15, 0.2) is 0 Å². The molecule has 108 valence electrons. The zero-order valence-corrected chi connectivity index (χ0v) is 12.8. The minimum atomic E-state index is 0.534. The van der Waals surface area contributed by atoms with Gasteiger partial charge in [0.25, 0.3) is 0 Å². The molecule has 0 amide bonds. The number of thioether (sulfide) groups is 1. The fourth-order valence-corrected chi connectivity index (χ4v) is 2.63. The van der Waals surface area contributed by atoms with Gasteiger partial charge in [-0.2, -0.15) is 4.68 Å². The summed E-state index contributed by atoms with van der Waals surface area (Å²) in [6.45, 7) is 5.89. The first-order valence-electron chi connectivity index (χ1n) is 6.42. The summed E-state index contributed by atoms with van der Waals surface area (Å²) in [5.41, 5.74) is 3.33. The van der Waals surface area contributed by atoms with E-state index in [9.17, 15) is 0 Å². The molecule has 0 saturated heterocycles. The third kappa shape index (κ3) is 2.80. The Morgan fingerprint density at radius 3 is 2.76 bits per heavy atom. The predicted molar refractivity (Wildman–Crippen MR) is 77.2 cm³/mol. The third-order valence-corrected chi connectivity index (χ3v) is 4.04. The molecule has 2 heterocycles. The molecular weight excluding hydrogens is 288 g/mol. The molecule has 2 aromatic heterocycles. The molecule has 0 unspecified atom stereocenters. The summed E-state index contributed by atoms with van der Waals surface area (Å²) < 4.78 is 7.08. The second-order valence-electron chi connectivity index (χ2n) is 4.60. The lowest BCUT2D eigenvalue weighted by molar-refractivity contribution is 0.485. The smallest absolute Gasteiger partial charge is 0.226 e. The van der Waals surface area contributed by atoms with E-state index in [1.54, 1.807) is 11.6 Å². The number of nitrogens with zero attached hydrogens (tertiary/aromatic N) is 6. The van der Waals surface area contributed by atoms with Crippen molar-refractivity contribution in [1.82, 2.24) is 30.4 Å². The predicted octanol–water partition coefficient (Wildman–Crippen LogP) is 2.26. The molecule has 3 rings (SSSR count). The van der Waals surface area contributed by atoms with Crippen molar-refractivity contribution in [2.45, 2.75) is 31.7 Å². The Morgan fingerprint density at radius 2 is 2.00 bits per heavy atom. The minimum absolute atomic E-state index is 0.534. The SMILES string of the molecule is Cc1nnc(CSc2nnnn2-c2cccc(C)c2C)o1. The standard InChI is InChI=1S/C13H14N6OS/c1-8-5-4-6-11(9(8)2)19-13(16-17-18-19)21-7-12-15-14-10(3)20-12/h4-6H,7H2,1-3H3. The molecular formula is C13H14N6OS. The van der Waals surface area contributed by atoms with Gasteiger partial charge >= 0.3 is 0 Å². The number of benzene rings is 1. The van der Waals surface area contributed by atoms with Gasteiger partial charge in [-0.05, 0) is 41.5 Å². The first-order chi connectivity index (χ1) is 10.1. The molecule has 3 aromatic rings. The Hall–Kier alpha value is -2.22. The van der Waals surface area contributed by atoms with E-state index in [1.165, 1.54) is 17.3 Å². The van der Waals surface area contributed by atoms with Crippen LogP contribution in [0.1, 0.15) is 22.9 Å². The summed E-state index contributed by atoms with van der Waals surface area (Å²) in [6, 6.07) is 6.06. The lowest BCUT2D eigenvalue weighted by atomic mass is 10.1. The number of hydrogen-bond acceptors (Lipinski definition) is 7. The van der Waals surface area contributed by atoms with E-state index in [1.807, 2.05) is 12.1 Å². The van der Waals surface area contributed by atoms with Crippen molar-refractivity contribution in [1.29, 1.82) is 0 Å². The zero-order valence-electron chi connectivity index (χ0n) is 11.9. The number of hydrogen-bond donors (Lipinski definition) is 0. The Balaban J connectivity index is 1.85. The highest BCUT2D eigenvalue weighted by molar-refractivity contribution is 7.98. The minimum Gasteiger partial charge on any atom is -0.425 e. The van der Waals surface area contributed by atoms with Crippen LogP contribution in [0.25, 0.3) is 5.69 Å². The average Bonchev–Trinajstić information content (AvgIpc) is 3.08. The molecule has 21 heavy (non-hydrogen) atoms. The van der Waals surface area contributed by atoms with E-state index in [-0.39, 0.29) is 0 Å². The quantitative estimate of drug-likeness (QED) is 0.683. The number of rotatable bonds is 4. The average molecular weight is 302 g/mol. The Bertz CT molecular complexity index is 766. The van der Waals surface area contributed by atoms with Crippen LogP contribution in [0.4, 0.5) is 0 Å². The normalized spacial score (nSPS) is 11.0. The van der Waals surface area contributed by atoms with Crippen molar-refractivity contribution < 1.29 is 4.42 Å². The highest BCUT2D eigenvalue weighted by Crippen LogP contribution is 2.24. The fourth-order valence-electron chi connectivity index (χ4n) is 1.91. The molecule has 7 nitrogen and oxygen atoms in total. The summed E-state index contributed by atoms with van der Waals surface area (Å²) >= 11 is 1.46. The van der Waals surface area contributed by atoms with Crippen LogP contribution in [0.15, 0.2) is 27.8 Å². The van der Waals surface area contributed by atoms with Gasteiger partial charge in [0.05, 0.1) is 11.4 Å². The number of aromatic nitrogens is 6. The van der Waals surface area contributed by atoms with Gasteiger partial charge in [0, 0.05) is 6.92 Å². The molecule has 0 spiro atoms. The van der Waals surface area contributed by atoms with Gasteiger partial charge < -0.3 is 4.42 Å². The van der Waals surface area contributed by atoms with Crippen molar-refractivity contribution in [3.8, 4) is 5.69 Å². The van der Waals surface area contributed by atoms with Crippen molar-refractivity contribution in [3.05, 3.63) is 41.1 Å². The van der Waals surface area contributed by atoms with Gasteiger partial charge in [-0.3, -0.25) is 0 Å². The summed E-state index contributed by atoms with van der Waals surface area (Å²) in [5.74, 6) is 1.65. The number of aryl methyl sites for hydroxylation is 2. The first kappa shape index (κ1) is 13.7. The van der Waals surface area contributed by atoms with Gasteiger partial charge in [0.1, 0.15) is 0 Å². The summed E-state index contributed by atoms with van der Waals surface area (Å²) in [4.78, 5) is 0. The largest absolute Gasteiger partial charge is 0.425 e. The van der Waals surface area contributed by atoms with E-state index in [2.05, 4.69) is 45.6 Å². The van der Waals surface area contributed by atoms with E-state index in [4.69, 9.17) is 4.42 Å². The zero-order chi connectivity index (χ0) is 14.8. The van der Waals surface area contributed by atoms with Gasteiger partial charge in [0.2, 0.25) is 16.9 Å². The maximum atomic E-state index is 5.35. The van der Waals surface area contributed by atoms with Crippen LogP contribution in [0.2, 0.25) is 0 Å². The molecule has 0 bridgehead atoms. The van der Waals surface area contributed by atoms with Crippen molar-refractivity contribution in [3.63, 3.8) is 0 Å². The maximum absolute atomic E-state index is 5.35. The highest BCUT2D eigenvalue weighted by Gasteiger charge is 2.13. The van der Waals surface area contributed by atoms with E-state index in [0.717, 1.165) is 11.3 Å². The summed E-state index contributed by atoms with van der Waals surface area (Å²) in [5, 5.41) is 20.4. The molecule has 1 aromatic carbocycles. The Labute approximate surface area is 125 Å². The van der Waals surface area contributed by atoms with Crippen LogP contribution in [-0.2, 0) is 5.75 Å². The third-order valence-electron chi connectivity index (χ3n) is 3.14. The Kier molecular flexibility index (Phi) is 3.70. The van der Waals surface area contributed by atoms with E-state index in [0.29, 0.717) is 22.7 Å². The molecule has 0 atom stereocenters. The van der Waals surface area contributed by atoms with Crippen LogP contribution in [0.3, 0.4) is 0 Å². The molecule has 0 fully saturated rings. The van der Waals surface area contributed by atoms with Gasteiger partial charge in [-0.15, -0.1) is 15.3 Å². The highest BCUT2D eigenvalue weighted by atomic mass is 32.2. The topological polar surface area (TPSA) is 82.5 Å². The van der Waals surface area contributed by atoms with Crippen molar-refractivity contribution >= 4 is 11.8 Å². The molecule has 0 saturated carbocycles. The molecule has 0 aliphatic heterocycles. The number of tetrazole rings is 1. The molecule has 0 aliphatic rings. The molecule has 8 heteroatoms. The first-order valence-corrected chi connectivity index (χ1v) is 7.40. The van der Waals surface area contributed by atoms with E-state index < -0.39 is 0 Å². The summed E-state index contributed by atoms with van der Waals surface area (Å²) in [6.07, 6.45) is 0. The lowest BCUT2D eigenvalue weighted by Gasteiger charge is -2.08. The molecule has 0 N–H and O–H groups in total. The van der Waals surface area contributed by atoms with Gasteiger partial charge in [-0.1, -0.05) is 23.9 Å².